The van der Waals surface area contributed by atoms with Gasteiger partial charge in [0.1, 0.15) is 0 Å². The number of benzene rings is 1. The molecule has 0 spiro atoms. The fourth-order valence-electron chi connectivity index (χ4n) is 4.18. The van der Waals surface area contributed by atoms with Gasteiger partial charge in [-0.25, -0.2) is 0 Å². The van der Waals surface area contributed by atoms with Gasteiger partial charge in [-0.2, -0.15) is 0 Å². The molecule has 0 bridgehead atoms. The third-order valence-electron chi connectivity index (χ3n) is 5.59. The number of hydrogen-bond donors (Lipinski definition) is 1. The first-order chi connectivity index (χ1) is 9.83. The first-order valence-electron chi connectivity index (χ1n) is 7.83. The normalized spacial score (nSPS) is 36.7. The van der Waals surface area contributed by atoms with E-state index in [1.165, 1.54) is 10.9 Å². The number of carbonyl (C=O) groups is 1. The van der Waals surface area contributed by atoms with E-state index in [9.17, 15) is 4.79 Å². The maximum atomic E-state index is 11.7. The molecule has 2 nitrogen and oxygen atoms in total. The summed E-state index contributed by atoms with van der Waals surface area (Å²) < 4.78 is 1.45. The fourth-order valence-corrected chi connectivity index (χ4v) is 7.04. The number of fused-ring (bicyclic) bond motifs is 1. The van der Waals surface area contributed by atoms with Crippen molar-refractivity contribution >= 4 is 25.3 Å². The molecule has 1 N–H and O–H groups in total. The van der Waals surface area contributed by atoms with Crippen molar-refractivity contribution in [1.82, 2.24) is 5.32 Å². The first kappa shape index (κ1) is 15.1. The number of carbonyl (C=O) groups excluding carboxylic acids is 1. The average molecular weight is 350 g/mol. The van der Waals surface area contributed by atoms with E-state index in [2.05, 4.69) is 56.4 Å². The van der Waals surface area contributed by atoms with Crippen LogP contribution in [0.25, 0.3) is 0 Å². The maximum absolute atomic E-state index is 11.7. The summed E-state index contributed by atoms with van der Waals surface area (Å²) in [5.41, 5.74) is 0.442. The Labute approximate surface area is 134 Å². The van der Waals surface area contributed by atoms with Crippen molar-refractivity contribution in [3.05, 3.63) is 30.3 Å². The second-order valence-electron chi connectivity index (χ2n) is 7.49. The Morgan fingerprint density at radius 3 is 2.48 bits per heavy atom. The molecule has 0 aromatic heterocycles. The minimum atomic E-state index is -0.0311. The van der Waals surface area contributed by atoms with Crippen LogP contribution in [0.4, 0.5) is 0 Å². The summed E-state index contributed by atoms with van der Waals surface area (Å²) in [5, 5.41) is 3.30. The van der Waals surface area contributed by atoms with Gasteiger partial charge in [0.15, 0.2) is 0 Å². The Hall–Kier alpha value is -0.791. The summed E-state index contributed by atoms with van der Waals surface area (Å²) in [5.74, 6) is 1.76. The van der Waals surface area contributed by atoms with E-state index in [1.54, 1.807) is 6.92 Å². The van der Waals surface area contributed by atoms with Crippen LogP contribution in [0.5, 0.6) is 0 Å². The zero-order valence-electron chi connectivity index (χ0n) is 13.3. The van der Waals surface area contributed by atoms with Gasteiger partial charge in [0.2, 0.25) is 0 Å². The van der Waals surface area contributed by atoms with Crippen LogP contribution in [0.15, 0.2) is 30.3 Å². The van der Waals surface area contributed by atoms with Crippen molar-refractivity contribution in [2.75, 3.05) is 0 Å². The third-order valence-corrected chi connectivity index (χ3v) is 8.83. The molecule has 2 aliphatic rings. The van der Waals surface area contributed by atoms with E-state index in [4.69, 9.17) is 0 Å². The van der Waals surface area contributed by atoms with E-state index in [0.717, 1.165) is 18.3 Å². The van der Waals surface area contributed by atoms with Crippen LogP contribution in [0.2, 0.25) is 4.82 Å². The summed E-state index contributed by atoms with van der Waals surface area (Å²) in [4.78, 5) is 12.3. The first-order valence-corrected chi connectivity index (χ1v) is 9.68. The van der Waals surface area contributed by atoms with E-state index < -0.39 is 0 Å². The van der Waals surface area contributed by atoms with Crippen molar-refractivity contribution < 1.29 is 4.79 Å². The van der Waals surface area contributed by atoms with Gasteiger partial charge < -0.3 is 0 Å². The zero-order valence-corrected chi connectivity index (χ0v) is 15.1. The van der Waals surface area contributed by atoms with E-state index in [-0.39, 0.29) is 11.4 Å². The standard InChI is InChI=1S/C18H25NOSe/c1-12(20)19-18(4)11-15-14(17(15,2)3)10-16(18)21-13-8-6-5-7-9-13/h5-9,14-16H,10-11H2,1-4H3,(H,19,20)/t14-,15+,16-,18-/m1/s1. The van der Waals surface area contributed by atoms with Crippen LogP contribution < -0.4 is 9.78 Å². The second-order valence-corrected chi connectivity index (χ2v) is 10.2. The Morgan fingerprint density at radius 2 is 1.86 bits per heavy atom. The molecule has 2 aliphatic carbocycles. The summed E-state index contributed by atoms with van der Waals surface area (Å²) in [6, 6.07) is 10.8. The Kier molecular flexibility index (Phi) is 3.70. The molecule has 1 amide bonds. The molecule has 2 fully saturated rings. The van der Waals surface area contributed by atoms with Crippen molar-refractivity contribution in [1.29, 1.82) is 0 Å². The number of rotatable bonds is 3. The van der Waals surface area contributed by atoms with E-state index in [0.29, 0.717) is 25.2 Å². The van der Waals surface area contributed by atoms with Gasteiger partial charge in [0.25, 0.3) is 0 Å². The molecule has 0 radical (unpaired) electrons. The number of nitrogens with one attached hydrogen (secondary N) is 1. The molecule has 3 heteroatoms. The second kappa shape index (κ2) is 5.14. The molecule has 4 atom stereocenters. The molecule has 0 heterocycles. The molecule has 1 aromatic rings. The molecule has 114 valence electrons. The monoisotopic (exact) mass is 351 g/mol. The third kappa shape index (κ3) is 2.78. The van der Waals surface area contributed by atoms with Crippen LogP contribution >= 0.6 is 0 Å². The Balaban J connectivity index is 1.82. The topological polar surface area (TPSA) is 29.1 Å². The van der Waals surface area contributed by atoms with Crippen molar-refractivity contribution in [2.45, 2.75) is 50.9 Å². The van der Waals surface area contributed by atoms with Crippen molar-refractivity contribution in [2.24, 2.45) is 17.3 Å². The molecular weight excluding hydrogens is 325 g/mol. The van der Waals surface area contributed by atoms with Gasteiger partial charge in [-0.05, 0) is 0 Å². The molecule has 2 saturated carbocycles. The predicted octanol–water partition coefficient (Wildman–Crippen LogP) is 2.77. The fraction of sp³-hybridized carbons (Fsp3) is 0.611. The summed E-state index contributed by atoms with van der Waals surface area (Å²) >= 11 is 0.419. The summed E-state index contributed by atoms with van der Waals surface area (Å²) in [6.07, 6.45) is 2.41. The van der Waals surface area contributed by atoms with Crippen LogP contribution in [-0.2, 0) is 4.79 Å². The Morgan fingerprint density at radius 1 is 1.19 bits per heavy atom. The van der Waals surface area contributed by atoms with Gasteiger partial charge in [0, 0.05) is 0 Å². The van der Waals surface area contributed by atoms with Crippen LogP contribution in [0, 0.1) is 17.3 Å². The molecule has 0 unspecified atom stereocenters. The van der Waals surface area contributed by atoms with Gasteiger partial charge in [-0.3, -0.25) is 0 Å². The molecule has 0 aliphatic heterocycles. The van der Waals surface area contributed by atoms with Crippen LogP contribution in [-0.4, -0.2) is 26.4 Å². The minimum absolute atomic E-state index is 0.0311. The van der Waals surface area contributed by atoms with Crippen molar-refractivity contribution in [3.8, 4) is 0 Å². The number of amides is 1. The summed E-state index contributed by atoms with van der Waals surface area (Å²) in [7, 11) is 0. The molecular formula is C18H25NOSe. The van der Waals surface area contributed by atoms with Crippen LogP contribution in [0.1, 0.15) is 40.5 Å². The van der Waals surface area contributed by atoms with E-state index in [1.807, 2.05) is 0 Å². The molecule has 3 rings (SSSR count). The van der Waals surface area contributed by atoms with Gasteiger partial charge in [-0.15, -0.1) is 0 Å². The van der Waals surface area contributed by atoms with E-state index >= 15 is 0 Å². The SMILES string of the molecule is CC(=O)N[C@]1(C)C[C@H]2[C@@H](C[C@H]1[Se]c1ccccc1)C2(C)C. The summed E-state index contributed by atoms with van der Waals surface area (Å²) in [6.45, 7) is 8.72. The number of hydrogen-bond acceptors (Lipinski definition) is 1. The molecule has 1 aromatic carbocycles. The molecule has 0 saturated heterocycles. The quantitative estimate of drug-likeness (QED) is 0.835. The Bertz CT molecular complexity index is 541. The van der Waals surface area contributed by atoms with Crippen LogP contribution in [0.3, 0.4) is 0 Å². The van der Waals surface area contributed by atoms with Gasteiger partial charge >= 0.3 is 134 Å². The zero-order chi connectivity index (χ0) is 15.3. The van der Waals surface area contributed by atoms with Gasteiger partial charge in [-0.1, -0.05) is 0 Å². The van der Waals surface area contributed by atoms with Gasteiger partial charge in [0.05, 0.1) is 0 Å². The van der Waals surface area contributed by atoms with Crippen molar-refractivity contribution in [3.63, 3.8) is 0 Å². The average Bonchev–Trinajstić information content (AvgIpc) is 2.90. The predicted molar refractivity (Wildman–Crippen MR) is 87.8 cm³/mol. The molecule has 21 heavy (non-hydrogen) atoms.